The first-order valence-electron chi connectivity index (χ1n) is 8.55. The Morgan fingerprint density at radius 2 is 1.86 bits per heavy atom. The Morgan fingerprint density at radius 1 is 1.19 bits per heavy atom. The van der Waals surface area contributed by atoms with Gasteiger partial charge in [0.05, 0.1) is 19.1 Å². The average molecular weight is 297 g/mol. The molecule has 0 saturated carbocycles. The molecular formula is C16H31N3O2. The Bertz CT molecular complexity index is 325. The molecule has 2 atom stereocenters. The van der Waals surface area contributed by atoms with E-state index in [1.165, 1.54) is 0 Å². The first kappa shape index (κ1) is 16.7. The molecule has 1 N–H and O–H groups in total. The van der Waals surface area contributed by atoms with E-state index >= 15 is 0 Å². The van der Waals surface area contributed by atoms with E-state index in [9.17, 15) is 4.79 Å². The number of carbonyl (C=O) groups excluding carboxylic acids is 1. The number of hydrogen-bond acceptors (Lipinski definition) is 4. The Balaban J connectivity index is 1.85. The summed E-state index contributed by atoms with van der Waals surface area (Å²) in [5.74, 6) is 0.298. The monoisotopic (exact) mass is 297 g/mol. The summed E-state index contributed by atoms with van der Waals surface area (Å²) in [5.41, 5.74) is 0. The van der Waals surface area contributed by atoms with E-state index in [1.54, 1.807) is 0 Å². The molecule has 1 amide bonds. The molecule has 5 heteroatoms. The maximum Gasteiger partial charge on any atom is 0.229 e. The van der Waals surface area contributed by atoms with Crippen molar-refractivity contribution in [2.45, 2.75) is 45.7 Å². The van der Waals surface area contributed by atoms with Gasteiger partial charge in [-0.3, -0.25) is 4.79 Å². The van der Waals surface area contributed by atoms with E-state index in [0.29, 0.717) is 19.3 Å². The fourth-order valence-corrected chi connectivity index (χ4v) is 3.69. The number of carbonyl (C=O) groups is 1. The van der Waals surface area contributed by atoms with Crippen molar-refractivity contribution in [1.82, 2.24) is 15.1 Å². The average Bonchev–Trinajstić information content (AvgIpc) is 2.97. The van der Waals surface area contributed by atoms with E-state index in [2.05, 4.69) is 35.9 Å². The number of ether oxygens (including phenoxy) is 1. The molecule has 0 aliphatic carbocycles. The van der Waals surface area contributed by atoms with Gasteiger partial charge in [0.25, 0.3) is 0 Å². The Kier molecular flexibility index (Phi) is 6.45. The summed E-state index contributed by atoms with van der Waals surface area (Å²) < 4.78 is 5.51. The van der Waals surface area contributed by atoms with Crippen LogP contribution in [0, 0.1) is 5.92 Å². The molecule has 21 heavy (non-hydrogen) atoms. The van der Waals surface area contributed by atoms with Crippen molar-refractivity contribution in [2.24, 2.45) is 5.92 Å². The van der Waals surface area contributed by atoms with Crippen molar-refractivity contribution < 1.29 is 9.53 Å². The molecular weight excluding hydrogens is 266 g/mol. The normalized spacial score (nSPS) is 27.5. The van der Waals surface area contributed by atoms with Gasteiger partial charge in [0.2, 0.25) is 5.91 Å². The van der Waals surface area contributed by atoms with Crippen LogP contribution in [0.15, 0.2) is 0 Å². The third kappa shape index (κ3) is 3.96. The van der Waals surface area contributed by atoms with Gasteiger partial charge >= 0.3 is 0 Å². The number of piperidine rings is 1. The van der Waals surface area contributed by atoms with Gasteiger partial charge in [-0.15, -0.1) is 0 Å². The van der Waals surface area contributed by atoms with Crippen LogP contribution in [-0.2, 0) is 9.53 Å². The predicted octanol–water partition coefficient (Wildman–Crippen LogP) is 0.944. The Hall–Kier alpha value is -0.650. The molecule has 2 aliphatic rings. The van der Waals surface area contributed by atoms with Crippen LogP contribution in [0.25, 0.3) is 0 Å². The highest BCUT2D eigenvalue weighted by molar-refractivity contribution is 5.80. The molecule has 5 nitrogen and oxygen atoms in total. The number of hydrogen-bond donors (Lipinski definition) is 1. The lowest BCUT2D eigenvalue weighted by Gasteiger charge is -2.38. The van der Waals surface area contributed by atoms with Crippen LogP contribution in [-0.4, -0.2) is 73.7 Å². The highest BCUT2D eigenvalue weighted by Crippen LogP contribution is 2.22. The molecule has 0 aromatic rings. The van der Waals surface area contributed by atoms with Gasteiger partial charge in [0.15, 0.2) is 0 Å². The summed E-state index contributed by atoms with van der Waals surface area (Å²) in [6.07, 6.45) is 2.21. The number of amides is 1. The van der Waals surface area contributed by atoms with Crippen molar-refractivity contribution >= 4 is 5.91 Å². The van der Waals surface area contributed by atoms with Crippen molar-refractivity contribution in [3.63, 3.8) is 0 Å². The van der Waals surface area contributed by atoms with Gasteiger partial charge < -0.3 is 19.9 Å². The number of nitrogens with one attached hydrogen (secondary N) is 1. The number of likely N-dealkylation sites (tertiary alicyclic amines) is 1. The summed E-state index contributed by atoms with van der Waals surface area (Å²) in [5, 5.41) is 3.38. The molecule has 0 radical (unpaired) electrons. The van der Waals surface area contributed by atoms with Crippen LogP contribution in [0.1, 0.15) is 33.6 Å². The zero-order chi connectivity index (χ0) is 15.2. The van der Waals surface area contributed by atoms with E-state index in [-0.39, 0.29) is 17.9 Å². The van der Waals surface area contributed by atoms with Crippen molar-refractivity contribution in [2.75, 3.05) is 45.9 Å². The second kappa shape index (κ2) is 8.11. The lowest BCUT2D eigenvalue weighted by Crippen LogP contribution is -2.51. The summed E-state index contributed by atoms with van der Waals surface area (Å²) in [6, 6.07) is 0.844. The summed E-state index contributed by atoms with van der Waals surface area (Å²) in [4.78, 5) is 17.3. The topological polar surface area (TPSA) is 44.8 Å². The third-order valence-electron chi connectivity index (χ3n) is 4.97. The first-order chi connectivity index (χ1) is 10.2. The summed E-state index contributed by atoms with van der Waals surface area (Å²) >= 11 is 0. The Labute approximate surface area is 129 Å². The van der Waals surface area contributed by atoms with Gasteiger partial charge in [-0.2, -0.15) is 0 Å². The third-order valence-corrected chi connectivity index (χ3v) is 4.97. The SMILES string of the molecule is CCNC1COCC1C(=O)N1CCC(N(CC)CC)CC1. The maximum absolute atomic E-state index is 12.7. The molecule has 0 spiro atoms. The van der Waals surface area contributed by atoms with Crippen molar-refractivity contribution in [3.8, 4) is 0 Å². The molecule has 2 unspecified atom stereocenters. The highest BCUT2D eigenvalue weighted by atomic mass is 16.5. The minimum atomic E-state index is 0.00922. The van der Waals surface area contributed by atoms with E-state index in [0.717, 1.165) is 45.6 Å². The number of nitrogens with zero attached hydrogens (tertiary/aromatic N) is 2. The summed E-state index contributed by atoms with van der Waals surface area (Å²) in [7, 11) is 0. The van der Waals surface area contributed by atoms with Crippen molar-refractivity contribution in [3.05, 3.63) is 0 Å². The van der Waals surface area contributed by atoms with E-state index in [1.807, 2.05) is 0 Å². The highest BCUT2D eigenvalue weighted by Gasteiger charge is 2.37. The molecule has 2 heterocycles. The quantitative estimate of drug-likeness (QED) is 0.793. The number of likely N-dealkylation sites (N-methyl/N-ethyl adjacent to an activating group) is 1. The van der Waals surface area contributed by atoms with E-state index in [4.69, 9.17) is 4.74 Å². The van der Waals surface area contributed by atoms with Crippen LogP contribution in [0.5, 0.6) is 0 Å². The Morgan fingerprint density at radius 3 is 2.43 bits per heavy atom. The molecule has 0 bridgehead atoms. The van der Waals surface area contributed by atoms with Crippen molar-refractivity contribution in [1.29, 1.82) is 0 Å². The smallest absolute Gasteiger partial charge is 0.229 e. The zero-order valence-electron chi connectivity index (χ0n) is 13.8. The van der Waals surface area contributed by atoms with E-state index < -0.39 is 0 Å². The predicted molar refractivity (Wildman–Crippen MR) is 84.3 cm³/mol. The minimum Gasteiger partial charge on any atom is -0.379 e. The molecule has 0 aromatic carbocycles. The second-order valence-corrected chi connectivity index (χ2v) is 6.09. The lowest BCUT2D eigenvalue weighted by atomic mass is 9.98. The van der Waals surface area contributed by atoms with Crippen LogP contribution in [0.3, 0.4) is 0 Å². The molecule has 122 valence electrons. The molecule has 2 fully saturated rings. The van der Waals surface area contributed by atoms with Gasteiger partial charge in [-0.05, 0) is 32.5 Å². The molecule has 2 rings (SSSR count). The van der Waals surface area contributed by atoms with Gasteiger partial charge in [-0.1, -0.05) is 20.8 Å². The van der Waals surface area contributed by atoms with Crippen LogP contribution in [0.4, 0.5) is 0 Å². The fraction of sp³-hybridized carbons (Fsp3) is 0.938. The maximum atomic E-state index is 12.7. The number of rotatable bonds is 6. The molecule has 2 aliphatic heterocycles. The largest absolute Gasteiger partial charge is 0.379 e. The molecule has 2 saturated heterocycles. The minimum absolute atomic E-state index is 0.00922. The van der Waals surface area contributed by atoms with Crippen LogP contribution in [0.2, 0.25) is 0 Å². The first-order valence-corrected chi connectivity index (χ1v) is 8.55. The van der Waals surface area contributed by atoms with Gasteiger partial charge in [-0.25, -0.2) is 0 Å². The zero-order valence-corrected chi connectivity index (χ0v) is 13.8. The second-order valence-electron chi connectivity index (χ2n) is 6.09. The van der Waals surface area contributed by atoms with Crippen LogP contribution < -0.4 is 5.32 Å². The van der Waals surface area contributed by atoms with Crippen LogP contribution >= 0.6 is 0 Å². The van der Waals surface area contributed by atoms with Gasteiger partial charge in [0.1, 0.15) is 0 Å². The standard InChI is InChI=1S/C16H31N3O2/c1-4-17-15-12-21-11-14(15)16(20)19-9-7-13(8-10-19)18(5-2)6-3/h13-15,17H,4-12H2,1-3H3. The summed E-state index contributed by atoms with van der Waals surface area (Å²) in [6.45, 7) is 12.7. The molecule has 0 aromatic heterocycles. The fourth-order valence-electron chi connectivity index (χ4n) is 3.69. The lowest BCUT2D eigenvalue weighted by molar-refractivity contribution is -0.137. The van der Waals surface area contributed by atoms with Gasteiger partial charge in [0, 0.05) is 25.2 Å².